The average molecular weight is 356 g/mol. The van der Waals surface area contributed by atoms with Gasteiger partial charge in [0.15, 0.2) is 0 Å². The van der Waals surface area contributed by atoms with Crippen LogP contribution < -0.4 is 5.32 Å². The first-order valence-corrected chi connectivity index (χ1v) is 8.53. The van der Waals surface area contributed by atoms with Crippen molar-refractivity contribution in [1.82, 2.24) is 10.2 Å². The summed E-state index contributed by atoms with van der Waals surface area (Å²) in [7, 11) is 0. The molecule has 1 aliphatic heterocycles. The molecule has 1 fully saturated rings. The van der Waals surface area contributed by atoms with E-state index in [0.29, 0.717) is 25.9 Å². The van der Waals surface area contributed by atoms with E-state index in [-0.39, 0.29) is 36.3 Å². The molecule has 0 bridgehead atoms. The van der Waals surface area contributed by atoms with Gasteiger partial charge in [0.2, 0.25) is 11.8 Å². The number of halogens is 3. The van der Waals surface area contributed by atoms with E-state index in [2.05, 4.69) is 5.32 Å². The summed E-state index contributed by atoms with van der Waals surface area (Å²) >= 11 is 0. The maximum Gasteiger partial charge on any atom is 0.416 e. The van der Waals surface area contributed by atoms with E-state index in [4.69, 9.17) is 0 Å². The SMILES string of the molecule is CCC(=O)N1CCCC(C(=O)NCCc2ccccc2C(F)(F)F)C1. The van der Waals surface area contributed by atoms with Crippen molar-refractivity contribution in [3.63, 3.8) is 0 Å². The number of hydrogen-bond acceptors (Lipinski definition) is 2. The molecule has 2 amide bonds. The van der Waals surface area contributed by atoms with Crippen molar-refractivity contribution in [2.24, 2.45) is 5.92 Å². The quantitative estimate of drug-likeness (QED) is 0.882. The number of carbonyl (C=O) groups excluding carboxylic acids is 2. The maximum absolute atomic E-state index is 13.0. The van der Waals surface area contributed by atoms with Crippen LogP contribution in [0.25, 0.3) is 0 Å². The van der Waals surface area contributed by atoms with Gasteiger partial charge in [-0.25, -0.2) is 0 Å². The molecule has 1 unspecified atom stereocenters. The molecule has 1 aromatic carbocycles. The Morgan fingerprint density at radius 2 is 2.00 bits per heavy atom. The van der Waals surface area contributed by atoms with Gasteiger partial charge in [-0.05, 0) is 30.9 Å². The third kappa shape index (κ3) is 5.21. The lowest BCUT2D eigenvalue weighted by Crippen LogP contribution is -2.45. The second kappa shape index (κ2) is 8.36. The Balaban J connectivity index is 1.88. The molecule has 1 atom stereocenters. The molecule has 1 aromatic rings. The first kappa shape index (κ1) is 19.3. The molecule has 0 saturated carbocycles. The third-order valence-corrected chi connectivity index (χ3v) is 4.46. The molecule has 0 aromatic heterocycles. The van der Waals surface area contributed by atoms with Crippen molar-refractivity contribution >= 4 is 11.8 Å². The van der Waals surface area contributed by atoms with Gasteiger partial charge in [0.05, 0.1) is 11.5 Å². The van der Waals surface area contributed by atoms with Crippen LogP contribution in [0.15, 0.2) is 24.3 Å². The minimum absolute atomic E-state index is 0.0246. The van der Waals surface area contributed by atoms with E-state index in [1.54, 1.807) is 17.9 Å². The number of nitrogens with one attached hydrogen (secondary N) is 1. The summed E-state index contributed by atoms with van der Waals surface area (Å²) in [4.78, 5) is 25.7. The van der Waals surface area contributed by atoms with Crippen LogP contribution in [0, 0.1) is 5.92 Å². The molecule has 7 heteroatoms. The predicted molar refractivity (Wildman–Crippen MR) is 87.8 cm³/mol. The average Bonchev–Trinajstić information content (AvgIpc) is 2.60. The van der Waals surface area contributed by atoms with E-state index >= 15 is 0 Å². The van der Waals surface area contributed by atoms with Crippen molar-refractivity contribution < 1.29 is 22.8 Å². The van der Waals surface area contributed by atoms with Crippen molar-refractivity contribution in [1.29, 1.82) is 0 Å². The number of rotatable bonds is 5. The molecule has 1 N–H and O–H groups in total. The van der Waals surface area contributed by atoms with Crippen LogP contribution in [-0.2, 0) is 22.2 Å². The fourth-order valence-electron chi connectivity index (χ4n) is 3.12. The second-order valence-electron chi connectivity index (χ2n) is 6.23. The number of carbonyl (C=O) groups is 2. The van der Waals surface area contributed by atoms with Gasteiger partial charge in [-0.15, -0.1) is 0 Å². The Hall–Kier alpha value is -2.05. The largest absolute Gasteiger partial charge is 0.416 e. The molecule has 2 rings (SSSR count). The minimum Gasteiger partial charge on any atom is -0.355 e. The lowest BCUT2D eigenvalue weighted by Gasteiger charge is -2.32. The smallest absolute Gasteiger partial charge is 0.355 e. The Labute approximate surface area is 145 Å². The highest BCUT2D eigenvalue weighted by Crippen LogP contribution is 2.31. The first-order valence-electron chi connectivity index (χ1n) is 8.53. The zero-order valence-electron chi connectivity index (χ0n) is 14.2. The lowest BCUT2D eigenvalue weighted by molar-refractivity contribution is -0.138. The molecule has 138 valence electrons. The van der Waals surface area contributed by atoms with Gasteiger partial charge in [-0.3, -0.25) is 9.59 Å². The van der Waals surface area contributed by atoms with Crippen molar-refractivity contribution in [3.8, 4) is 0 Å². The Morgan fingerprint density at radius 3 is 2.68 bits per heavy atom. The van der Waals surface area contributed by atoms with E-state index < -0.39 is 11.7 Å². The van der Waals surface area contributed by atoms with E-state index in [0.717, 1.165) is 12.5 Å². The van der Waals surface area contributed by atoms with Gasteiger partial charge in [-0.2, -0.15) is 13.2 Å². The topological polar surface area (TPSA) is 49.4 Å². The molecule has 0 spiro atoms. The number of likely N-dealkylation sites (tertiary alicyclic amines) is 1. The van der Waals surface area contributed by atoms with Crippen molar-refractivity contribution in [3.05, 3.63) is 35.4 Å². The maximum atomic E-state index is 13.0. The molecular formula is C18H23F3N2O2. The van der Waals surface area contributed by atoms with Crippen molar-refractivity contribution in [2.75, 3.05) is 19.6 Å². The normalized spacial score (nSPS) is 18.1. The monoisotopic (exact) mass is 356 g/mol. The lowest BCUT2D eigenvalue weighted by atomic mass is 9.96. The highest BCUT2D eigenvalue weighted by molar-refractivity contribution is 5.81. The second-order valence-corrected chi connectivity index (χ2v) is 6.23. The summed E-state index contributed by atoms with van der Waals surface area (Å²) in [6, 6.07) is 5.39. The molecule has 25 heavy (non-hydrogen) atoms. The standard InChI is InChI=1S/C18H23F3N2O2/c1-2-16(24)23-11-5-7-14(12-23)17(25)22-10-9-13-6-3-4-8-15(13)18(19,20)21/h3-4,6,8,14H,2,5,7,9-12H2,1H3,(H,22,25). The highest BCUT2D eigenvalue weighted by atomic mass is 19.4. The van der Waals surface area contributed by atoms with Crippen LogP contribution in [-0.4, -0.2) is 36.3 Å². The Kier molecular flexibility index (Phi) is 6.45. The molecule has 4 nitrogen and oxygen atoms in total. The molecule has 1 saturated heterocycles. The number of piperidine rings is 1. The Bertz CT molecular complexity index is 617. The number of benzene rings is 1. The van der Waals surface area contributed by atoms with Gasteiger partial charge >= 0.3 is 6.18 Å². The van der Waals surface area contributed by atoms with Crippen LogP contribution in [0.2, 0.25) is 0 Å². The first-order chi connectivity index (χ1) is 11.8. The zero-order valence-corrected chi connectivity index (χ0v) is 14.2. The number of nitrogens with zero attached hydrogens (tertiary/aromatic N) is 1. The van der Waals surface area contributed by atoms with Gasteiger partial charge in [0.1, 0.15) is 0 Å². The van der Waals surface area contributed by atoms with E-state index in [1.165, 1.54) is 12.1 Å². The summed E-state index contributed by atoms with van der Waals surface area (Å²) in [5.41, 5.74) is -0.497. The van der Waals surface area contributed by atoms with Gasteiger partial charge in [-0.1, -0.05) is 25.1 Å². The predicted octanol–water partition coefficient (Wildman–Crippen LogP) is 3.01. The van der Waals surface area contributed by atoms with Crippen LogP contribution in [0.3, 0.4) is 0 Å². The third-order valence-electron chi connectivity index (χ3n) is 4.46. The van der Waals surface area contributed by atoms with Gasteiger partial charge in [0, 0.05) is 26.1 Å². The summed E-state index contributed by atoms with van der Waals surface area (Å²) in [5.74, 6) is -0.461. The van der Waals surface area contributed by atoms with Crippen LogP contribution in [0.4, 0.5) is 13.2 Å². The van der Waals surface area contributed by atoms with Crippen LogP contribution in [0.5, 0.6) is 0 Å². The molecule has 1 aliphatic rings. The van der Waals surface area contributed by atoms with Crippen molar-refractivity contribution in [2.45, 2.75) is 38.8 Å². The fraction of sp³-hybridized carbons (Fsp3) is 0.556. The van der Waals surface area contributed by atoms with E-state index in [1.807, 2.05) is 0 Å². The summed E-state index contributed by atoms with van der Waals surface area (Å²) in [6.45, 7) is 2.97. The summed E-state index contributed by atoms with van der Waals surface area (Å²) in [6.07, 6.45) is -2.42. The number of alkyl halides is 3. The Morgan fingerprint density at radius 1 is 1.28 bits per heavy atom. The van der Waals surface area contributed by atoms with Gasteiger partial charge in [0.25, 0.3) is 0 Å². The molecule has 0 aliphatic carbocycles. The highest BCUT2D eigenvalue weighted by Gasteiger charge is 2.33. The van der Waals surface area contributed by atoms with Crippen LogP contribution in [0.1, 0.15) is 37.3 Å². The van der Waals surface area contributed by atoms with Gasteiger partial charge < -0.3 is 10.2 Å². The molecule has 1 heterocycles. The molecule has 0 radical (unpaired) electrons. The number of hydrogen-bond donors (Lipinski definition) is 1. The summed E-state index contributed by atoms with van der Waals surface area (Å²) < 4.78 is 38.9. The number of amides is 2. The zero-order chi connectivity index (χ0) is 18.4. The van der Waals surface area contributed by atoms with E-state index in [9.17, 15) is 22.8 Å². The van der Waals surface area contributed by atoms with Crippen LogP contribution >= 0.6 is 0 Å². The fourth-order valence-corrected chi connectivity index (χ4v) is 3.12. The minimum atomic E-state index is -4.40. The summed E-state index contributed by atoms with van der Waals surface area (Å²) in [5, 5.41) is 2.71. The molecular weight excluding hydrogens is 333 g/mol.